The summed E-state index contributed by atoms with van der Waals surface area (Å²) in [5.41, 5.74) is 0.797. The number of carbonyl (C=O) groups is 1. The lowest BCUT2D eigenvalue weighted by Gasteiger charge is -2.35. The molecule has 1 aliphatic heterocycles. The van der Waals surface area contributed by atoms with Gasteiger partial charge in [0, 0.05) is 17.3 Å². The summed E-state index contributed by atoms with van der Waals surface area (Å²) in [6.45, 7) is 2.82. The summed E-state index contributed by atoms with van der Waals surface area (Å²) in [6.07, 6.45) is 0. The van der Waals surface area contributed by atoms with Crippen LogP contribution in [-0.2, 0) is 15.3 Å². The molecule has 0 radical (unpaired) electrons. The van der Waals surface area contributed by atoms with Crippen LogP contribution in [0.3, 0.4) is 0 Å². The number of nitrogens with zero attached hydrogens (tertiary/aromatic N) is 2. The van der Waals surface area contributed by atoms with Crippen LogP contribution in [-0.4, -0.2) is 28.5 Å². The first-order valence-electron chi connectivity index (χ1n) is 6.55. The fraction of sp³-hybridized carbons (Fsp3) is 0.357. The van der Waals surface area contributed by atoms with Crippen LogP contribution in [0.5, 0.6) is 0 Å². The maximum absolute atomic E-state index is 12.0. The fourth-order valence-corrected chi connectivity index (χ4v) is 3.32. The van der Waals surface area contributed by atoms with Gasteiger partial charge in [-0.2, -0.15) is 9.36 Å². The van der Waals surface area contributed by atoms with Crippen LogP contribution in [0.1, 0.15) is 12.5 Å². The highest BCUT2D eigenvalue weighted by molar-refractivity contribution is 7.98. The van der Waals surface area contributed by atoms with E-state index in [-0.39, 0.29) is 5.91 Å². The topological polar surface area (TPSA) is 64.1 Å². The summed E-state index contributed by atoms with van der Waals surface area (Å²) in [5, 5.41) is 4.05. The predicted molar refractivity (Wildman–Crippen MR) is 83.5 cm³/mol. The highest BCUT2D eigenvalue weighted by Gasteiger charge is 2.41. The summed E-state index contributed by atoms with van der Waals surface area (Å²) in [6, 6.07) is 10.2. The van der Waals surface area contributed by atoms with Crippen LogP contribution >= 0.6 is 23.3 Å². The number of amides is 1. The average Bonchev–Trinajstić information content (AvgIpc) is 2.91. The fourth-order valence-electron chi connectivity index (χ4n) is 1.83. The zero-order valence-corrected chi connectivity index (χ0v) is 13.2. The number of anilines is 1. The molecule has 0 spiro atoms. The Morgan fingerprint density at radius 3 is 2.86 bits per heavy atom. The van der Waals surface area contributed by atoms with Crippen molar-refractivity contribution in [1.82, 2.24) is 9.36 Å². The van der Waals surface area contributed by atoms with E-state index in [0.717, 1.165) is 5.75 Å². The Balaban J connectivity index is 1.55. The molecule has 1 fully saturated rings. The number of nitrogens with one attached hydrogen (secondary N) is 1. The van der Waals surface area contributed by atoms with E-state index in [1.54, 1.807) is 11.8 Å². The normalized spacial score (nSPS) is 16.2. The molecule has 5 nitrogen and oxygen atoms in total. The molecule has 2 heterocycles. The van der Waals surface area contributed by atoms with Gasteiger partial charge in [-0.15, -0.1) is 0 Å². The molecule has 21 heavy (non-hydrogen) atoms. The van der Waals surface area contributed by atoms with E-state index in [1.807, 2.05) is 25.1 Å². The molecular formula is C14H15N3O2S2. The van der Waals surface area contributed by atoms with E-state index in [2.05, 4.69) is 26.8 Å². The first-order chi connectivity index (χ1) is 10.2. The third kappa shape index (κ3) is 3.42. The van der Waals surface area contributed by atoms with Gasteiger partial charge in [-0.25, -0.2) is 0 Å². The molecule has 1 amide bonds. The van der Waals surface area contributed by atoms with Crippen molar-refractivity contribution in [3.63, 3.8) is 0 Å². The minimum Gasteiger partial charge on any atom is -0.379 e. The van der Waals surface area contributed by atoms with E-state index in [1.165, 1.54) is 17.1 Å². The number of rotatable bonds is 5. The van der Waals surface area contributed by atoms with Gasteiger partial charge in [0.25, 0.3) is 0 Å². The van der Waals surface area contributed by atoms with Gasteiger partial charge in [0.05, 0.1) is 18.6 Å². The van der Waals surface area contributed by atoms with E-state index in [4.69, 9.17) is 4.74 Å². The van der Waals surface area contributed by atoms with Crippen LogP contribution in [0, 0.1) is 5.41 Å². The van der Waals surface area contributed by atoms with Gasteiger partial charge >= 0.3 is 0 Å². The number of ether oxygens (including phenoxy) is 1. The molecule has 1 aliphatic rings. The Hall–Kier alpha value is -1.44. The maximum Gasteiger partial charge on any atom is 0.236 e. The first kappa shape index (κ1) is 14.5. The molecule has 1 N–H and O–H groups in total. The van der Waals surface area contributed by atoms with Crippen molar-refractivity contribution >= 4 is 34.3 Å². The van der Waals surface area contributed by atoms with Crippen molar-refractivity contribution < 1.29 is 9.53 Å². The molecule has 1 aromatic carbocycles. The summed E-state index contributed by atoms with van der Waals surface area (Å²) in [7, 11) is 0. The predicted octanol–water partition coefficient (Wildman–Crippen LogP) is 2.81. The lowest BCUT2D eigenvalue weighted by Crippen LogP contribution is -2.49. The number of hydrogen-bond donors (Lipinski definition) is 1. The average molecular weight is 321 g/mol. The largest absolute Gasteiger partial charge is 0.379 e. The molecule has 0 unspecified atom stereocenters. The Morgan fingerprint density at radius 2 is 2.19 bits per heavy atom. The molecule has 1 saturated heterocycles. The minimum absolute atomic E-state index is 0.0514. The van der Waals surface area contributed by atoms with Gasteiger partial charge in [0.2, 0.25) is 16.2 Å². The van der Waals surface area contributed by atoms with Crippen LogP contribution in [0.15, 0.2) is 35.5 Å². The van der Waals surface area contributed by atoms with Crippen LogP contribution in [0.4, 0.5) is 5.13 Å². The Morgan fingerprint density at radius 1 is 1.43 bits per heavy atom. The molecule has 110 valence electrons. The highest BCUT2D eigenvalue weighted by Crippen LogP contribution is 2.29. The molecule has 0 bridgehead atoms. The van der Waals surface area contributed by atoms with E-state index >= 15 is 0 Å². The molecule has 0 aliphatic carbocycles. The van der Waals surface area contributed by atoms with Crippen LogP contribution in [0.25, 0.3) is 0 Å². The number of benzene rings is 1. The molecule has 3 rings (SSSR count). The smallest absolute Gasteiger partial charge is 0.236 e. The Labute approximate surface area is 131 Å². The molecule has 2 aromatic rings. The zero-order valence-electron chi connectivity index (χ0n) is 11.5. The van der Waals surface area contributed by atoms with Gasteiger partial charge in [-0.3, -0.25) is 4.79 Å². The summed E-state index contributed by atoms with van der Waals surface area (Å²) in [5.74, 6) is 0.765. The molecule has 0 atom stereocenters. The third-order valence-electron chi connectivity index (χ3n) is 3.23. The highest BCUT2D eigenvalue weighted by atomic mass is 32.2. The molecule has 0 saturated carbocycles. The molecule has 1 aromatic heterocycles. The van der Waals surface area contributed by atoms with E-state index < -0.39 is 5.41 Å². The summed E-state index contributed by atoms with van der Waals surface area (Å²) in [4.78, 5) is 16.4. The Kier molecular flexibility index (Phi) is 4.23. The van der Waals surface area contributed by atoms with Crippen LogP contribution in [0.2, 0.25) is 0 Å². The minimum atomic E-state index is -0.428. The van der Waals surface area contributed by atoms with Gasteiger partial charge in [-0.1, -0.05) is 42.1 Å². The number of aromatic nitrogens is 2. The standard InChI is InChI=1S/C14H15N3O2S2/c1-14(8-19-9-14)11(18)15-12-16-13(17-21-12)20-7-10-5-3-2-4-6-10/h2-6H,7-9H2,1H3,(H,15,16,17,18). The van der Waals surface area contributed by atoms with Crippen LogP contribution < -0.4 is 5.32 Å². The van der Waals surface area contributed by atoms with Crippen molar-refractivity contribution in [2.45, 2.75) is 17.8 Å². The summed E-state index contributed by atoms with van der Waals surface area (Å²) < 4.78 is 9.35. The summed E-state index contributed by atoms with van der Waals surface area (Å²) >= 11 is 2.77. The second-order valence-electron chi connectivity index (χ2n) is 5.16. The van der Waals surface area contributed by atoms with Crippen molar-refractivity contribution in [2.75, 3.05) is 18.5 Å². The SMILES string of the molecule is CC1(C(=O)Nc2nc(SCc3ccccc3)ns2)COC1. The first-order valence-corrected chi connectivity index (χ1v) is 8.31. The number of carbonyl (C=O) groups excluding carboxylic acids is 1. The second-order valence-corrected chi connectivity index (χ2v) is 6.86. The second kappa shape index (κ2) is 6.13. The third-order valence-corrected chi connectivity index (χ3v) is 4.89. The van der Waals surface area contributed by atoms with Gasteiger partial charge in [-0.05, 0) is 12.5 Å². The molecule has 7 heteroatoms. The quantitative estimate of drug-likeness (QED) is 0.858. The van der Waals surface area contributed by atoms with E-state index in [0.29, 0.717) is 23.5 Å². The monoisotopic (exact) mass is 321 g/mol. The van der Waals surface area contributed by atoms with Gasteiger partial charge in [0.1, 0.15) is 0 Å². The van der Waals surface area contributed by atoms with Crippen molar-refractivity contribution in [2.24, 2.45) is 5.41 Å². The van der Waals surface area contributed by atoms with Crippen molar-refractivity contribution in [3.8, 4) is 0 Å². The lowest BCUT2D eigenvalue weighted by atomic mass is 9.88. The molecular weight excluding hydrogens is 306 g/mol. The Bertz CT molecular complexity index is 626. The van der Waals surface area contributed by atoms with E-state index in [9.17, 15) is 4.79 Å². The van der Waals surface area contributed by atoms with Crippen molar-refractivity contribution in [3.05, 3.63) is 35.9 Å². The van der Waals surface area contributed by atoms with Crippen molar-refractivity contribution in [1.29, 1.82) is 0 Å². The van der Waals surface area contributed by atoms with Gasteiger partial charge < -0.3 is 10.1 Å². The lowest BCUT2D eigenvalue weighted by molar-refractivity contribution is -0.151. The zero-order chi connectivity index (χ0) is 14.7. The number of hydrogen-bond acceptors (Lipinski definition) is 6. The maximum atomic E-state index is 12.0. The van der Waals surface area contributed by atoms with Gasteiger partial charge in [0.15, 0.2) is 0 Å². The number of thioether (sulfide) groups is 1.